The Kier molecular flexibility index (Phi) is 9.31. The van der Waals surface area contributed by atoms with Gasteiger partial charge in [0.05, 0.1) is 21.9 Å². The lowest BCUT2D eigenvalue weighted by Crippen LogP contribution is -2.31. The van der Waals surface area contributed by atoms with Crippen molar-refractivity contribution in [2.75, 3.05) is 11.9 Å². The molecule has 8 nitrogen and oxygen atoms in total. The van der Waals surface area contributed by atoms with Gasteiger partial charge in [-0.2, -0.15) is 0 Å². The molecule has 0 bridgehead atoms. The van der Waals surface area contributed by atoms with Gasteiger partial charge in [-0.25, -0.2) is 14.2 Å². The van der Waals surface area contributed by atoms with Crippen LogP contribution in [0.25, 0.3) is 17.3 Å². The summed E-state index contributed by atoms with van der Waals surface area (Å²) in [4.78, 5) is 44.1. The average Bonchev–Trinajstić information content (AvgIpc) is 3.18. The molecule has 1 aliphatic rings. The van der Waals surface area contributed by atoms with Gasteiger partial charge in [0.1, 0.15) is 15.7 Å². The number of pyridine rings is 1. The molecule has 1 fully saturated rings. The van der Waals surface area contributed by atoms with Crippen molar-refractivity contribution < 1.29 is 23.5 Å². The molecule has 2 amide bonds. The second-order valence-corrected chi connectivity index (χ2v) is 11.8. The van der Waals surface area contributed by atoms with E-state index in [4.69, 9.17) is 22.7 Å². The molecule has 1 saturated heterocycles. The monoisotopic (exact) mass is 592 g/mol. The van der Waals surface area contributed by atoms with Crippen LogP contribution in [0, 0.1) is 5.82 Å². The van der Waals surface area contributed by atoms with Crippen molar-refractivity contribution in [2.24, 2.45) is 5.73 Å². The van der Waals surface area contributed by atoms with Gasteiger partial charge in [-0.05, 0) is 80.9 Å². The second kappa shape index (κ2) is 12.7. The molecule has 0 atom stereocenters. The van der Waals surface area contributed by atoms with Crippen LogP contribution in [0.1, 0.15) is 48.8 Å². The normalized spacial score (nSPS) is 14.5. The number of hydrogen-bond acceptors (Lipinski definition) is 8. The summed E-state index contributed by atoms with van der Waals surface area (Å²) < 4.78 is 19.6. The van der Waals surface area contributed by atoms with E-state index < -0.39 is 17.4 Å². The number of carbonyl (C=O) groups excluding carboxylic acids is 3. The van der Waals surface area contributed by atoms with Crippen molar-refractivity contribution in [1.82, 2.24) is 9.88 Å². The number of rotatable bonds is 8. The van der Waals surface area contributed by atoms with Crippen LogP contribution >= 0.6 is 24.0 Å². The van der Waals surface area contributed by atoms with E-state index in [-0.39, 0.29) is 31.3 Å². The molecule has 4 rings (SSSR count). The lowest BCUT2D eigenvalue weighted by atomic mass is 10.0. The smallest absolute Gasteiger partial charge is 0.338 e. The first-order valence-electron chi connectivity index (χ1n) is 12.8. The predicted octanol–water partition coefficient (Wildman–Crippen LogP) is 5.53. The molecular weight excluding hydrogens is 563 g/mol. The first-order valence-corrected chi connectivity index (χ1v) is 14.0. The van der Waals surface area contributed by atoms with E-state index in [1.54, 1.807) is 75.4 Å². The van der Waals surface area contributed by atoms with Crippen LogP contribution in [-0.2, 0) is 20.9 Å². The summed E-state index contributed by atoms with van der Waals surface area (Å²) in [5, 5.41) is 2.76. The van der Waals surface area contributed by atoms with Gasteiger partial charge in [-0.15, -0.1) is 0 Å². The third kappa shape index (κ3) is 7.84. The van der Waals surface area contributed by atoms with E-state index in [9.17, 15) is 18.8 Å². The summed E-state index contributed by atoms with van der Waals surface area (Å²) in [6, 6.07) is 16.0. The Hall–Kier alpha value is -3.93. The zero-order valence-corrected chi connectivity index (χ0v) is 24.4. The van der Waals surface area contributed by atoms with Gasteiger partial charge in [0, 0.05) is 30.8 Å². The molecule has 212 valence electrons. The minimum atomic E-state index is -0.608. The van der Waals surface area contributed by atoms with Gasteiger partial charge in [-0.1, -0.05) is 36.1 Å². The van der Waals surface area contributed by atoms with Crippen molar-refractivity contribution in [2.45, 2.75) is 39.3 Å². The lowest BCUT2D eigenvalue weighted by Gasteiger charge is -2.19. The molecule has 1 aromatic heterocycles. The average molecular weight is 593 g/mol. The summed E-state index contributed by atoms with van der Waals surface area (Å²) in [5.41, 5.74) is 8.45. The highest BCUT2D eigenvalue weighted by molar-refractivity contribution is 8.26. The Morgan fingerprint density at radius 1 is 1.15 bits per heavy atom. The van der Waals surface area contributed by atoms with Crippen LogP contribution in [-0.4, -0.2) is 44.1 Å². The van der Waals surface area contributed by atoms with Crippen molar-refractivity contribution in [1.29, 1.82) is 0 Å². The highest BCUT2D eigenvalue weighted by Gasteiger charge is 2.32. The molecule has 3 aromatic rings. The number of anilines is 1. The van der Waals surface area contributed by atoms with E-state index in [1.165, 1.54) is 17.0 Å². The van der Waals surface area contributed by atoms with Crippen LogP contribution in [0.15, 0.2) is 65.6 Å². The number of ether oxygens (including phenoxy) is 1. The lowest BCUT2D eigenvalue weighted by molar-refractivity contribution is -0.122. The fourth-order valence-electron chi connectivity index (χ4n) is 3.94. The summed E-state index contributed by atoms with van der Waals surface area (Å²) in [7, 11) is 0. The number of thioether (sulfide) groups is 1. The third-order valence-electron chi connectivity index (χ3n) is 5.86. The van der Waals surface area contributed by atoms with Crippen LogP contribution in [0.4, 0.5) is 10.1 Å². The molecule has 0 unspecified atom stereocenters. The molecule has 0 radical (unpaired) electrons. The molecule has 0 spiro atoms. The molecule has 2 heterocycles. The maximum atomic E-state index is 13.9. The molecule has 2 aromatic carbocycles. The number of benzene rings is 2. The molecule has 0 saturated carbocycles. The molecule has 11 heteroatoms. The molecule has 3 N–H and O–H groups in total. The number of thiocarbonyl (C=S) groups is 1. The Bertz CT molecular complexity index is 1530. The quantitative estimate of drug-likeness (QED) is 0.199. The highest BCUT2D eigenvalue weighted by Crippen LogP contribution is 2.33. The number of amides is 2. The van der Waals surface area contributed by atoms with E-state index in [0.29, 0.717) is 37.4 Å². The summed E-state index contributed by atoms with van der Waals surface area (Å²) in [6.07, 6.45) is 1.64. The Balaban J connectivity index is 1.37. The Morgan fingerprint density at radius 2 is 1.88 bits per heavy atom. The van der Waals surface area contributed by atoms with E-state index in [1.807, 2.05) is 0 Å². The van der Waals surface area contributed by atoms with Crippen molar-refractivity contribution >= 4 is 57.8 Å². The number of aromatic nitrogens is 1. The molecular formula is C30H29FN4O4S2. The Labute approximate surface area is 247 Å². The Morgan fingerprint density at radius 3 is 2.56 bits per heavy atom. The fraction of sp³-hybridized carbons (Fsp3) is 0.233. The second-order valence-electron chi connectivity index (χ2n) is 10.2. The number of halogens is 1. The first kappa shape index (κ1) is 30.0. The van der Waals surface area contributed by atoms with E-state index >= 15 is 0 Å². The van der Waals surface area contributed by atoms with Crippen LogP contribution in [0.5, 0.6) is 0 Å². The van der Waals surface area contributed by atoms with Crippen LogP contribution < -0.4 is 11.1 Å². The van der Waals surface area contributed by atoms with Gasteiger partial charge in [0.25, 0.3) is 5.91 Å². The number of nitrogens with two attached hydrogens (primary N) is 1. The number of hydrogen-bond donors (Lipinski definition) is 2. The van der Waals surface area contributed by atoms with Gasteiger partial charge in [0.2, 0.25) is 5.91 Å². The van der Waals surface area contributed by atoms with Crippen molar-refractivity contribution in [3.8, 4) is 11.3 Å². The topological polar surface area (TPSA) is 115 Å². The van der Waals surface area contributed by atoms with E-state index in [2.05, 4.69) is 10.3 Å². The minimum absolute atomic E-state index is 0.0166. The number of nitrogens with one attached hydrogen (secondary N) is 1. The first-order chi connectivity index (χ1) is 19.4. The number of carbonyl (C=O) groups is 3. The molecule has 1 aliphatic heterocycles. The third-order valence-corrected chi connectivity index (χ3v) is 7.23. The highest BCUT2D eigenvalue weighted by atomic mass is 32.2. The fourth-order valence-corrected chi connectivity index (χ4v) is 5.23. The zero-order chi connectivity index (χ0) is 29.7. The van der Waals surface area contributed by atoms with Gasteiger partial charge in [-0.3, -0.25) is 14.5 Å². The van der Waals surface area contributed by atoms with E-state index in [0.717, 1.165) is 17.3 Å². The maximum Gasteiger partial charge on any atom is 0.338 e. The SMILES string of the molecule is CC(C)(C)OC(=O)c1ccc(NC(=O)CCN2C(=O)C(=Cc3cccc(-c4cc(F)ccc4CN)n3)SC2=S)cc1. The van der Waals surface area contributed by atoms with Gasteiger partial charge >= 0.3 is 5.97 Å². The largest absolute Gasteiger partial charge is 0.456 e. The zero-order valence-electron chi connectivity index (χ0n) is 22.8. The summed E-state index contributed by atoms with van der Waals surface area (Å²) >= 11 is 6.52. The maximum absolute atomic E-state index is 13.9. The van der Waals surface area contributed by atoms with Crippen molar-refractivity contribution in [3.63, 3.8) is 0 Å². The van der Waals surface area contributed by atoms with Crippen molar-refractivity contribution in [3.05, 3.63) is 88.2 Å². The van der Waals surface area contributed by atoms with Gasteiger partial charge in [0.15, 0.2) is 0 Å². The number of esters is 1. The van der Waals surface area contributed by atoms with Gasteiger partial charge < -0.3 is 15.8 Å². The molecule has 41 heavy (non-hydrogen) atoms. The minimum Gasteiger partial charge on any atom is -0.456 e. The summed E-state index contributed by atoms with van der Waals surface area (Å²) in [5.74, 6) is -1.48. The molecule has 0 aliphatic carbocycles. The summed E-state index contributed by atoms with van der Waals surface area (Å²) in [6.45, 7) is 5.69. The standard InChI is InChI=1S/C30H29FN4O4S2/c1-30(2,3)39-28(38)18-8-11-21(12-9-18)34-26(36)13-14-35-27(37)25(41-29(35)40)16-22-5-4-6-24(33-22)23-15-20(31)10-7-19(23)17-32/h4-12,15-16H,13-14,17,32H2,1-3H3,(H,34,36). The van der Waals surface area contributed by atoms with Crippen LogP contribution in [0.2, 0.25) is 0 Å². The number of nitrogens with zero attached hydrogens (tertiary/aromatic N) is 2. The van der Waals surface area contributed by atoms with Crippen LogP contribution in [0.3, 0.4) is 0 Å². The predicted molar refractivity (Wildman–Crippen MR) is 162 cm³/mol.